The molecule has 0 saturated heterocycles. The van der Waals surface area contributed by atoms with Gasteiger partial charge >= 0.3 is 0 Å². The molecule has 0 spiro atoms. The van der Waals surface area contributed by atoms with Crippen molar-refractivity contribution in [1.29, 1.82) is 0 Å². The Labute approximate surface area is 179 Å². The summed E-state index contributed by atoms with van der Waals surface area (Å²) in [5, 5.41) is 0. The summed E-state index contributed by atoms with van der Waals surface area (Å²) in [6, 6.07) is 0. The van der Waals surface area contributed by atoms with E-state index in [1.165, 1.54) is 56.9 Å². The highest BCUT2D eigenvalue weighted by Gasteiger charge is 2.56. The SMILES string of the molecule is CC(C)=CCCC(C)C1CCC2C3=C(CCC21C)C1(C)CCC(=O)C(C)C1CC3. The van der Waals surface area contributed by atoms with Crippen molar-refractivity contribution >= 4 is 5.78 Å². The van der Waals surface area contributed by atoms with Crippen LogP contribution in [0.15, 0.2) is 22.8 Å². The minimum atomic E-state index is 0.280. The third kappa shape index (κ3) is 3.39. The highest BCUT2D eigenvalue weighted by molar-refractivity contribution is 5.82. The lowest BCUT2D eigenvalue weighted by atomic mass is 9.49. The maximum absolute atomic E-state index is 12.4. The number of fused-ring (bicyclic) bond motifs is 4. The Bertz CT molecular complexity index is 723. The quantitative estimate of drug-likeness (QED) is 0.441. The van der Waals surface area contributed by atoms with E-state index in [9.17, 15) is 4.79 Å². The number of carbonyl (C=O) groups is 1. The zero-order chi connectivity index (χ0) is 21.0. The van der Waals surface area contributed by atoms with Crippen molar-refractivity contribution in [3.8, 4) is 0 Å². The molecule has 1 heteroatoms. The molecular formula is C28H44O. The summed E-state index contributed by atoms with van der Waals surface area (Å²) in [5.41, 5.74) is 5.99. The fourth-order valence-corrected chi connectivity index (χ4v) is 8.54. The van der Waals surface area contributed by atoms with Crippen LogP contribution in [0.4, 0.5) is 0 Å². The Kier molecular flexibility index (Phi) is 5.67. The molecule has 0 heterocycles. The van der Waals surface area contributed by atoms with Gasteiger partial charge in [0, 0.05) is 12.3 Å². The lowest BCUT2D eigenvalue weighted by molar-refractivity contribution is -0.130. The van der Waals surface area contributed by atoms with Crippen molar-refractivity contribution < 1.29 is 4.79 Å². The number of Topliss-reactive ketones (excluding diaryl/α,β-unsaturated/α-hetero) is 1. The Balaban J connectivity index is 1.57. The van der Waals surface area contributed by atoms with Gasteiger partial charge in [-0.2, -0.15) is 0 Å². The van der Waals surface area contributed by atoms with Crippen molar-refractivity contribution in [2.75, 3.05) is 0 Å². The van der Waals surface area contributed by atoms with Crippen molar-refractivity contribution in [3.63, 3.8) is 0 Å². The van der Waals surface area contributed by atoms with Crippen LogP contribution in [0.3, 0.4) is 0 Å². The first kappa shape index (κ1) is 21.4. The first-order chi connectivity index (χ1) is 13.7. The largest absolute Gasteiger partial charge is 0.299 e. The molecule has 1 nitrogen and oxygen atoms in total. The van der Waals surface area contributed by atoms with E-state index in [-0.39, 0.29) is 5.92 Å². The summed E-state index contributed by atoms with van der Waals surface area (Å²) in [5.74, 6) is 3.97. The molecule has 0 N–H and O–H groups in total. The maximum atomic E-state index is 12.4. The van der Waals surface area contributed by atoms with Crippen LogP contribution < -0.4 is 0 Å². The van der Waals surface area contributed by atoms with Crippen LogP contribution in [0.5, 0.6) is 0 Å². The van der Waals surface area contributed by atoms with E-state index in [4.69, 9.17) is 0 Å². The van der Waals surface area contributed by atoms with Gasteiger partial charge in [0.2, 0.25) is 0 Å². The first-order valence-electron chi connectivity index (χ1n) is 12.6. The molecule has 0 amide bonds. The van der Waals surface area contributed by atoms with E-state index in [1.54, 1.807) is 0 Å². The molecule has 7 unspecified atom stereocenters. The van der Waals surface area contributed by atoms with E-state index in [0.29, 0.717) is 22.5 Å². The zero-order valence-corrected chi connectivity index (χ0v) is 19.9. The topological polar surface area (TPSA) is 17.1 Å². The second kappa shape index (κ2) is 7.69. The number of rotatable bonds is 4. The monoisotopic (exact) mass is 396 g/mol. The highest BCUT2D eigenvalue weighted by Crippen LogP contribution is 2.66. The average Bonchev–Trinajstić information content (AvgIpc) is 3.02. The summed E-state index contributed by atoms with van der Waals surface area (Å²) >= 11 is 0. The second-order valence-corrected chi connectivity index (χ2v) is 11.9. The first-order valence-corrected chi connectivity index (χ1v) is 12.6. The normalized spacial score (nSPS) is 42.8. The summed E-state index contributed by atoms with van der Waals surface area (Å²) in [7, 11) is 0. The Morgan fingerprint density at radius 1 is 1.10 bits per heavy atom. The van der Waals surface area contributed by atoms with E-state index < -0.39 is 0 Å². The Morgan fingerprint density at radius 3 is 2.59 bits per heavy atom. The Morgan fingerprint density at radius 2 is 1.86 bits per heavy atom. The predicted octanol–water partition coefficient (Wildman–Crippen LogP) is 7.91. The molecule has 0 aromatic carbocycles. The minimum Gasteiger partial charge on any atom is -0.299 e. The maximum Gasteiger partial charge on any atom is 0.136 e. The van der Waals surface area contributed by atoms with E-state index in [1.807, 2.05) is 11.1 Å². The number of allylic oxidation sites excluding steroid dienone is 4. The molecule has 162 valence electrons. The molecular weight excluding hydrogens is 352 g/mol. The molecule has 0 bridgehead atoms. The summed E-state index contributed by atoms with van der Waals surface area (Å²) in [6.07, 6.45) is 15.1. The number of hydrogen-bond acceptors (Lipinski definition) is 1. The number of carbonyl (C=O) groups excluding carboxylic acids is 1. The summed E-state index contributed by atoms with van der Waals surface area (Å²) < 4.78 is 0. The third-order valence-corrected chi connectivity index (χ3v) is 10.2. The molecule has 4 aliphatic rings. The molecule has 4 rings (SSSR count). The predicted molar refractivity (Wildman–Crippen MR) is 123 cm³/mol. The molecule has 7 atom stereocenters. The number of hydrogen-bond donors (Lipinski definition) is 0. The van der Waals surface area contributed by atoms with Gasteiger partial charge in [-0.05, 0) is 106 Å². The lowest BCUT2D eigenvalue weighted by Gasteiger charge is -2.55. The van der Waals surface area contributed by atoms with Gasteiger partial charge in [-0.25, -0.2) is 0 Å². The second-order valence-electron chi connectivity index (χ2n) is 11.9. The van der Waals surface area contributed by atoms with Crippen molar-refractivity contribution in [1.82, 2.24) is 0 Å². The van der Waals surface area contributed by atoms with Gasteiger partial charge in [0.1, 0.15) is 5.78 Å². The van der Waals surface area contributed by atoms with Crippen LogP contribution in [0.2, 0.25) is 0 Å². The van der Waals surface area contributed by atoms with Crippen LogP contribution in [-0.4, -0.2) is 5.78 Å². The van der Waals surface area contributed by atoms with Crippen LogP contribution in [0.25, 0.3) is 0 Å². The van der Waals surface area contributed by atoms with Gasteiger partial charge in [-0.3, -0.25) is 4.79 Å². The van der Waals surface area contributed by atoms with E-state index in [2.05, 4.69) is 47.6 Å². The van der Waals surface area contributed by atoms with Gasteiger partial charge < -0.3 is 0 Å². The molecule has 2 saturated carbocycles. The van der Waals surface area contributed by atoms with Crippen LogP contribution in [-0.2, 0) is 4.79 Å². The molecule has 29 heavy (non-hydrogen) atoms. The smallest absolute Gasteiger partial charge is 0.136 e. The highest BCUT2D eigenvalue weighted by atomic mass is 16.1. The van der Waals surface area contributed by atoms with Crippen LogP contribution in [0, 0.1) is 40.4 Å². The van der Waals surface area contributed by atoms with Gasteiger partial charge in [0.25, 0.3) is 0 Å². The van der Waals surface area contributed by atoms with Gasteiger partial charge in [-0.15, -0.1) is 0 Å². The molecule has 4 aliphatic carbocycles. The fourth-order valence-electron chi connectivity index (χ4n) is 8.54. The zero-order valence-electron chi connectivity index (χ0n) is 19.9. The van der Waals surface area contributed by atoms with Gasteiger partial charge in [-0.1, -0.05) is 50.5 Å². The molecule has 0 aromatic heterocycles. The minimum absolute atomic E-state index is 0.280. The molecule has 0 radical (unpaired) electrons. The molecule has 0 aliphatic heterocycles. The number of ketones is 1. The van der Waals surface area contributed by atoms with Crippen molar-refractivity contribution in [3.05, 3.63) is 22.8 Å². The van der Waals surface area contributed by atoms with Gasteiger partial charge in [0.15, 0.2) is 0 Å². The third-order valence-electron chi connectivity index (χ3n) is 10.2. The summed E-state index contributed by atoms with van der Waals surface area (Å²) in [4.78, 5) is 12.4. The van der Waals surface area contributed by atoms with Crippen molar-refractivity contribution in [2.45, 2.75) is 106 Å². The Hall–Kier alpha value is -0.850. The summed E-state index contributed by atoms with van der Waals surface area (Å²) in [6.45, 7) is 14.4. The molecule has 2 fully saturated rings. The van der Waals surface area contributed by atoms with E-state index >= 15 is 0 Å². The molecule has 0 aromatic rings. The van der Waals surface area contributed by atoms with Crippen molar-refractivity contribution in [2.24, 2.45) is 40.4 Å². The lowest BCUT2D eigenvalue weighted by Crippen LogP contribution is -2.47. The van der Waals surface area contributed by atoms with Gasteiger partial charge in [0.05, 0.1) is 0 Å². The van der Waals surface area contributed by atoms with Crippen LogP contribution >= 0.6 is 0 Å². The van der Waals surface area contributed by atoms with Crippen LogP contribution in [0.1, 0.15) is 106 Å². The fraction of sp³-hybridized carbons (Fsp3) is 0.821. The van der Waals surface area contributed by atoms with E-state index in [0.717, 1.165) is 30.6 Å². The average molecular weight is 397 g/mol. The standard InChI is InChI=1S/C28H44O/c1-18(2)8-7-9-19(3)22-12-13-24-21-10-11-23-20(4)26(29)15-17-28(23,6)25(21)14-16-27(22,24)5/h8,19-20,22-24H,7,9-17H2,1-6H3.